The van der Waals surface area contributed by atoms with Crippen LogP contribution < -0.4 is 4.74 Å². The number of H-pyrrole nitrogens is 1. The summed E-state index contributed by atoms with van der Waals surface area (Å²) >= 11 is 0. The molecule has 0 amide bonds. The third-order valence-corrected chi connectivity index (χ3v) is 3.48. The van der Waals surface area contributed by atoms with Gasteiger partial charge < -0.3 is 14.8 Å². The maximum absolute atomic E-state index is 9.20. The number of aliphatic hydroxyl groups excluding tert-OH is 1. The molecule has 2 N–H and O–H groups in total. The molecule has 2 rings (SSSR count). The predicted molar refractivity (Wildman–Crippen MR) is 74.2 cm³/mol. The smallest absolute Gasteiger partial charge is 0.119 e. The number of hydrogen-bond acceptors (Lipinski definition) is 2. The fourth-order valence-electron chi connectivity index (χ4n) is 2.55. The van der Waals surface area contributed by atoms with Crippen molar-refractivity contribution in [3.05, 3.63) is 30.0 Å². The summed E-state index contributed by atoms with van der Waals surface area (Å²) in [6.45, 7) is 2.42. The molecule has 0 saturated heterocycles. The second-order valence-electron chi connectivity index (χ2n) is 4.65. The summed E-state index contributed by atoms with van der Waals surface area (Å²) in [5.74, 6) is 1.29. The molecule has 0 saturated carbocycles. The Bertz CT molecular complexity index is 498. The number of rotatable bonds is 6. The van der Waals surface area contributed by atoms with Gasteiger partial charge in [0.25, 0.3) is 0 Å². The Morgan fingerprint density at radius 3 is 2.83 bits per heavy atom. The van der Waals surface area contributed by atoms with Crippen LogP contribution in [0.1, 0.15) is 37.7 Å². The van der Waals surface area contributed by atoms with E-state index in [2.05, 4.69) is 24.2 Å². The molecule has 0 unspecified atom stereocenters. The second kappa shape index (κ2) is 5.91. The molecule has 0 spiro atoms. The van der Waals surface area contributed by atoms with Crippen molar-refractivity contribution in [2.45, 2.75) is 32.1 Å². The maximum atomic E-state index is 9.20. The van der Waals surface area contributed by atoms with Crippen molar-refractivity contribution in [2.75, 3.05) is 13.7 Å². The SMILES string of the molecule is CCC[C@@H](CCO)c1c[nH]c2ccc(OC)cc12. The first kappa shape index (κ1) is 13.0. The van der Waals surface area contributed by atoms with E-state index in [0.717, 1.165) is 30.5 Å². The van der Waals surface area contributed by atoms with E-state index in [-0.39, 0.29) is 6.61 Å². The highest BCUT2D eigenvalue weighted by Gasteiger charge is 2.15. The summed E-state index contributed by atoms with van der Waals surface area (Å²) in [4.78, 5) is 3.30. The van der Waals surface area contributed by atoms with Gasteiger partial charge in [0.05, 0.1) is 7.11 Å². The van der Waals surface area contributed by atoms with Gasteiger partial charge in [0.2, 0.25) is 0 Å². The lowest BCUT2D eigenvalue weighted by Gasteiger charge is -2.14. The Labute approximate surface area is 108 Å². The van der Waals surface area contributed by atoms with Crippen LogP contribution in [0.15, 0.2) is 24.4 Å². The van der Waals surface area contributed by atoms with E-state index < -0.39 is 0 Å². The van der Waals surface area contributed by atoms with Gasteiger partial charge >= 0.3 is 0 Å². The largest absolute Gasteiger partial charge is 0.497 e. The number of aliphatic hydroxyl groups is 1. The zero-order valence-corrected chi connectivity index (χ0v) is 11.1. The van der Waals surface area contributed by atoms with Gasteiger partial charge in [-0.15, -0.1) is 0 Å². The number of benzene rings is 1. The van der Waals surface area contributed by atoms with Crippen molar-refractivity contribution in [3.63, 3.8) is 0 Å². The fraction of sp³-hybridized carbons (Fsp3) is 0.467. The minimum atomic E-state index is 0.237. The molecule has 3 nitrogen and oxygen atoms in total. The molecule has 2 aromatic rings. The van der Waals surface area contributed by atoms with Crippen LogP contribution in [0, 0.1) is 0 Å². The van der Waals surface area contributed by atoms with E-state index in [0.29, 0.717) is 5.92 Å². The van der Waals surface area contributed by atoms with Gasteiger partial charge in [-0.2, -0.15) is 0 Å². The maximum Gasteiger partial charge on any atom is 0.119 e. The number of nitrogens with one attached hydrogen (secondary N) is 1. The van der Waals surface area contributed by atoms with Crippen molar-refractivity contribution < 1.29 is 9.84 Å². The van der Waals surface area contributed by atoms with Gasteiger partial charge in [-0.05, 0) is 42.5 Å². The van der Waals surface area contributed by atoms with Gasteiger partial charge in [0.1, 0.15) is 5.75 Å². The van der Waals surface area contributed by atoms with E-state index >= 15 is 0 Å². The second-order valence-corrected chi connectivity index (χ2v) is 4.65. The Balaban J connectivity index is 2.41. The van der Waals surface area contributed by atoms with Crippen LogP contribution in [0.5, 0.6) is 5.75 Å². The average molecular weight is 247 g/mol. The van der Waals surface area contributed by atoms with E-state index in [1.54, 1.807) is 7.11 Å². The standard InChI is InChI=1S/C15H21NO2/c1-3-4-11(7-8-17)14-10-16-15-6-5-12(18-2)9-13(14)15/h5-6,9-11,16-17H,3-4,7-8H2,1-2H3/t11-/m0/s1. The molecular formula is C15H21NO2. The molecule has 0 radical (unpaired) electrons. The van der Waals surface area contributed by atoms with Crippen molar-refractivity contribution in [1.29, 1.82) is 0 Å². The van der Waals surface area contributed by atoms with E-state index in [4.69, 9.17) is 4.74 Å². The first-order valence-corrected chi connectivity index (χ1v) is 6.56. The minimum Gasteiger partial charge on any atom is -0.497 e. The topological polar surface area (TPSA) is 45.2 Å². The highest BCUT2D eigenvalue weighted by molar-refractivity contribution is 5.85. The molecule has 98 valence electrons. The fourth-order valence-corrected chi connectivity index (χ4v) is 2.55. The Morgan fingerprint density at radius 1 is 1.33 bits per heavy atom. The van der Waals surface area contributed by atoms with Crippen LogP contribution in [0.2, 0.25) is 0 Å². The summed E-state index contributed by atoms with van der Waals surface area (Å²) in [7, 11) is 1.69. The molecule has 18 heavy (non-hydrogen) atoms. The van der Waals surface area contributed by atoms with Crippen LogP contribution in [-0.4, -0.2) is 23.8 Å². The molecule has 3 heteroatoms. The van der Waals surface area contributed by atoms with Crippen molar-refractivity contribution in [2.24, 2.45) is 0 Å². The molecule has 0 aliphatic carbocycles. The third kappa shape index (κ3) is 2.51. The van der Waals surface area contributed by atoms with Gasteiger partial charge in [-0.1, -0.05) is 13.3 Å². The summed E-state index contributed by atoms with van der Waals surface area (Å²) in [6, 6.07) is 6.07. The summed E-state index contributed by atoms with van der Waals surface area (Å²) in [5, 5.41) is 10.4. The van der Waals surface area contributed by atoms with Crippen LogP contribution >= 0.6 is 0 Å². The predicted octanol–water partition coefficient (Wildman–Crippen LogP) is 3.44. The highest BCUT2D eigenvalue weighted by Crippen LogP contribution is 2.32. The van der Waals surface area contributed by atoms with E-state index in [9.17, 15) is 5.11 Å². The highest BCUT2D eigenvalue weighted by atomic mass is 16.5. The monoisotopic (exact) mass is 247 g/mol. The average Bonchev–Trinajstić information content (AvgIpc) is 2.81. The Hall–Kier alpha value is -1.48. The third-order valence-electron chi connectivity index (χ3n) is 3.48. The number of aromatic amines is 1. The number of hydrogen-bond donors (Lipinski definition) is 2. The molecule has 1 aromatic carbocycles. The quantitative estimate of drug-likeness (QED) is 0.821. The molecular weight excluding hydrogens is 226 g/mol. The van der Waals surface area contributed by atoms with Gasteiger partial charge in [-0.25, -0.2) is 0 Å². The number of methoxy groups -OCH3 is 1. The molecule has 1 heterocycles. The zero-order chi connectivity index (χ0) is 13.0. The molecule has 0 aliphatic heterocycles. The first-order chi connectivity index (χ1) is 8.80. The molecule has 0 aliphatic rings. The normalized spacial score (nSPS) is 12.8. The lowest BCUT2D eigenvalue weighted by Crippen LogP contribution is -2.00. The first-order valence-electron chi connectivity index (χ1n) is 6.56. The summed E-state index contributed by atoms with van der Waals surface area (Å²) in [6.07, 6.45) is 5.12. The van der Waals surface area contributed by atoms with Crippen LogP contribution in [0.4, 0.5) is 0 Å². The van der Waals surface area contributed by atoms with Gasteiger partial charge in [0, 0.05) is 23.7 Å². The summed E-state index contributed by atoms with van der Waals surface area (Å²) in [5.41, 5.74) is 2.42. The minimum absolute atomic E-state index is 0.237. The van der Waals surface area contributed by atoms with Crippen LogP contribution in [-0.2, 0) is 0 Å². The molecule has 0 bridgehead atoms. The zero-order valence-electron chi connectivity index (χ0n) is 11.1. The van der Waals surface area contributed by atoms with E-state index in [1.807, 2.05) is 12.1 Å². The van der Waals surface area contributed by atoms with Crippen LogP contribution in [0.25, 0.3) is 10.9 Å². The number of fused-ring (bicyclic) bond motifs is 1. The van der Waals surface area contributed by atoms with E-state index in [1.165, 1.54) is 10.9 Å². The molecule has 1 atom stereocenters. The van der Waals surface area contributed by atoms with Crippen molar-refractivity contribution in [1.82, 2.24) is 4.98 Å². The van der Waals surface area contributed by atoms with Crippen molar-refractivity contribution >= 4 is 10.9 Å². The summed E-state index contributed by atoms with van der Waals surface area (Å²) < 4.78 is 5.28. The van der Waals surface area contributed by atoms with Crippen molar-refractivity contribution in [3.8, 4) is 5.75 Å². The number of ether oxygens (including phenoxy) is 1. The lowest BCUT2D eigenvalue weighted by molar-refractivity contribution is 0.272. The Kier molecular flexibility index (Phi) is 4.26. The molecule has 0 fully saturated rings. The number of aromatic nitrogens is 1. The molecule has 1 aromatic heterocycles. The van der Waals surface area contributed by atoms with Crippen LogP contribution in [0.3, 0.4) is 0 Å². The Morgan fingerprint density at radius 2 is 2.17 bits per heavy atom. The van der Waals surface area contributed by atoms with Gasteiger partial charge in [0.15, 0.2) is 0 Å². The lowest BCUT2D eigenvalue weighted by atomic mass is 9.91. The van der Waals surface area contributed by atoms with Gasteiger partial charge in [-0.3, -0.25) is 0 Å².